The van der Waals surface area contributed by atoms with Gasteiger partial charge in [0.1, 0.15) is 11.3 Å². The van der Waals surface area contributed by atoms with Gasteiger partial charge in [-0.25, -0.2) is 9.78 Å². The molecule has 0 radical (unpaired) electrons. The minimum atomic E-state index is -1.27. The second-order valence-corrected chi connectivity index (χ2v) is 6.60. The summed E-state index contributed by atoms with van der Waals surface area (Å²) in [5, 5.41) is 15.8. The van der Waals surface area contributed by atoms with Crippen molar-refractivity contribution < 1.29 is 9.90 Å². The summed E-state index contributed by atoms with van der Waals surface area (Å²) in [5.74, 6) is -0.856. The van der Waals surface area contributed by atoms with E-state index in [2.05, 4.69) is 15.5 Å². The number of hydrogen-bond donors (Lipinski definition) is 2. The molecule has 7 heteroatoms. The molecule has 0 aliphatic carbocycles. The van der Waals surface area contributed by atoms with E-state index in [9.17, 15) is 9.59 Å². The van der Waals surface area contributed by atoms with Crippen LogP contribution in [0.25, 0.3) is 10.8 Å². The van der Waals surface area contributed by atoms with Crippen molar-refractivity contribution in [3.05, 3.63) is 70.4 Å². The number of hydrazone groups is 1. The molecule has 2 aromatic carbocycles. The first-order chi connectivity index (χ1) is 13.0. The molecule has 0 bridgehead atoms. The molecule has 4 rings (SSSR count). The quantitative estimate of drug-likeness (QED) is 0.697. The SMILES string of the molecule is CC1CC/C(=N\Nc2ccc3ccccc3c2)c2ncc(C(=O)O)c(=O)n21. The molecule has 2 heterocycles. The molecule has 1 atom stereocenters. The first-order valence-electron chi connectivity index (χ1n) is 8.71. The first kappa shape index (κ1) is 17.0. The molecule has 1 aliphatic rings. The number of fused-ring (bicyclic) bond motifs is 2. The lowest BCUT2D eigenvalue weighted by molar-refractivity contribution is 0.0693. The minimum Gasteiger partial charge on any atom is -0.477 e. The number of benzene rings is 2. The Balaban J connectivity index is 1.70. The van der Waals surface area contributed by atoms with E-state index in [1.54, 1.807) is 0 Å². The third-order valence-electron chi connectivity index (χ3n) is 4.79. The van der Waals surface area contributed by atoms with E-state index in [-0.39, 0.29) is 11.6 Å². The zero-order valence-corrected chi connectivity index (χ0v) is 14.7. The lowest BCUT2D eigenvalue weighted by Crippen LogP contribution is -2.37. The van der Waals surface area contributed by atoms with E-state index < -0.39 is 11.5 Å². The van der Waals surface area contributed by atoms with Gasteiger partial charge in [-0.1, -0.05) is 30.3 Å². The van der Waals surface area contributed by atoms with Gasteiger partial charge in [0.15, 0.2) is 5.82 Å². The van der Waals surface area contributed by atoms with Gasteiger partial charge in [-0.3, -0.25) is 14.8 Å². The van der Waals surface area contributed by atoms with Gasteiger partial charge in [0.25, 0.3) is 5.56 Å². The van der Waals surface area contributed by atoms with Crippen LogP contribution in [0.2, 0.25) is 0 Å². The van der Waals surface area contributed by atoms with Crippen LogP contribution in [0.3, 0.4) is 0 Å². The average molecular weight is 362 g/mol. The Morgan fingerprint density at radius 1 is 1.26 bits per heavy atom. The Kier molecular flexibility index (Phi) is 4.19. The molecule has 0 saturated heterocycles. The molecule has 136 valence electrons. The van der Waals surface area contributed by atoms with Crippen LogP contribution < -0.4 is 11.0 Å². The van der Waals surface area contributed by atoms with Gasteiger partial charge in [0.05, 0.1) is 5.69 Å². The number of rotatable bonds is 3. The Labute approximate surface area is 155 Å². The van der Waals surface area contributed by atoms with Crippen LogP contribution in [0, 0.1) is 0 Å². The Morgan fingerprint density at radius 3 is 2.81 bits per heavy atom. The second kappa shape index (κ2) is 6.68. The molecule has 3 aromatic rings. The fourth-order valence-electron chi connectivity index (χ4n) is 3.32. The van der Waals surface area contributed by atoms with Crippen LogP contribution in [-0.2, 0) is 0 Å². The summed E-state index contributed by atoms with van der Waals surface area (Å²) >= 11 is 0. The summed E-state index contributed by atoms with van der Waals surface area (Å²) in [6, 6.07) is 13.9. The summed E-state index contributed by atoms with van der Waals surface area (Å²) < 4.78 is 1.42. The molecule has 0 fully saturated rings. The Morgan fingerprint density at radius 2 is 2.04 bits per heavy atom. The van der Waals surface area contributed by atoms with E-state index in [1.165, 1.54) is 4.57 Å². The molecule has 0 spiro atoms. The highest BCUT2D eigenvalue weighted by Crippen LogP contribution is 2.23. The average Bonchev–Trinajstić information content (AvgIpc) is 2.67. The maximum absolute atomic E-state index is 12.5. The third-order valence-corrected chi connectivity index (χ3v) is 4.79. The minimum absolute atomic E-state index is 0.126. The van der Waals surface area contributed by atoms with Crippen LogP contribution in [0.5, 0.6) is 0 Å². The second-order valence-electron chi connectivity index (χ2n) is 6.60. The van der Waals surface area contributed by atoms with Gasteiger partial charge in [0, 0.05) is 12.2 Å². The predicted octanol–water partition coefficient (Wildman–Crippen LogP) is 3.27. The topological polar surface area (TPSA) is 96.6 Å². The molecule has 0 amide bonds. The van der Waals surface area contributed by atoms with Crippen LogP contribution >= 0.6 is 0 Å². The van der Waals surface area contributed by atoms with E-state index in [0.717, 1.165) is 22.7 Å². The van der Waals surface area contributed by atoms with E-state index >= 15 is 0 Å². The maximum Gasteiger partial charge on any atom is 0.342 e. The Bertz CT molecular complexity index is 1130. The number of carboxylic acids is 1. The highest BCUT2D eigenvalue weighted by Gasteiger charge is 2.26. The molecule has 27 heavy (non-hydrogen) atoms. The van der Waals surface area contributed by atoms with Gasteiger partial charge < -0.3 is 5.11 Å². The lowest BCUT2D eigenvalue weighted by Gasteiger charge is -2.25. The molecule has 7 nitrogen and oxygen atoms in total. The van der Waals surface area contributed by atoms with Crippen LogP contribution in [0.1, 0.15) is 42.0 Å². The number of hydrogen-bond acceptors (Lipinski definition) is 5. The summed E-state index contributed by atoms with van der Waals surface area (Å²) in [7, 11) is 0. The monoisotopic (exact) mass is 362 g/mol. The molecule has 1 aliphatic heterocycles. The molecule has 1 aromatic heterocycles. The summed E-state index contributed by atoms with van der Waals surface area (Å²) in [6.45, 7) is 1.88. The van der Waals surface area contributed by atoms with Gasteiger partial charge in [0.2, 0.25) is 0 Å². The summed E-state index contributed by atoms with van der Waals surface area (Å²) in [5.41, 5.74) is 3.63. The van der Waals surface area contributed by atoms with Crippen molar-refractivity contribution in [3.63, 3.8) is 0 Å². The number of carboxylic acid groups (broad SMARTS) is 1. The number of nitrogens with one attached hydrogen (secondary N) is 1. The smallest absolute Gasteiger partial charge is 0.342 e. The normalized spacial score (nSPS) is 17.7. The first-order valence-corrected chi connectivity index (χ1v) is 8.71. The number of aromatic nitrogens is 2. The molecular weight excluding hydrogens is 344 g/mol. The number of carbonyl (C=O) groups is 1. The lowest BCUT2D eigenvalue weighted by atomic mass is 10.0. The summed E-state index contributed by atoms with van der Waals surface area (Å²) in [6.07, 6.45) is 2.45. The zero-order chi connectivity index (χ0) is 19.0. The van der Waals surface area contributed by atoms with Crippen molar-refractivity contribution in [2.45, 2.75) is 25.8 Å². The fourth-order valence-corrected chi connectivity index (χ4v) is 3.32. The van der Waals surface area contributed by atoms with Crippen molar-refractivity contribution in [2.24, 2.45) is 5.10 Å². The van der Waals surface area contributed by atoms with Gasteiger partial charge >= 0.3 is 5.97 Å². The van der Waals surface area contributed by atoms with Crippen molar-refractivity contribution in [1.29, 1.82) is 0 Å². The number of nitrogens with zero attached hydrogens (tertiary/aromatic N) is 3. The number of aromatic carboxylic acids is 1. The number of anilines is 1. The van der Waals surface area contributed by atoms with E-state index in [4.69, 9.17) is 5.11 Å². The largest absolute Gasteiger partial charge is 0.477 e. The van der Waals surface area contributed by atoms with E-state index in [0.29, 0.717) is 24.4 Å². The van der Waals surface area contributed by atoms with Gasteiger partial charge in [-0.05, 0) is 42.7 Å². The molecule has 0 saturated carbocycles. The maximum atomic E-state index is 12.5. The van der Waals surface area contributed by atoms with Gasteiger partial charge in [-0.15, -0.1) is 0 Å². The standard InChI is InChI=1S/C20H18N4O3/c1-12-6-9-17(18-21-11-16(20(26)27)19(25)24(12)18)23-22-15-8-7-13-4-2-3-5-14(13)10-15/h2-5,7-8,10-12,22H,6,9H2,1H3,(H,26,27)/b23-17+. The van der Waals surface area contributed by atoms with Crippen molar-refractivity contribution in [2.75, 3.05) is 5.43 Å². The molecule has 1 unspecified atom stereocenters. The summed E-state index contributed by atoms with van der Waals surface area (Å²) in [4.78, 5) is 27.9. The van der Waals surface area contributed by atoms with Crippen molar-refractivity contribution in [3.8, 4) is 0 Å². The highest BCUT2D eigenvalue weighted by molar-refractivity contribution is 5.99. The van der Waals surface area contributed by atoms with Crippen molar-refractivity contribution >= 4 is 28.1 Å². The van der Waals surface area contributed by atoms with Gasteiger partial charge in [-0.2, -0.15) is 5.10 Å². The van der Waals surface area contributed by atoms with Crippen LogP contribution in [0.15, 0.2) is 58.6 Å². The van der Waals surface area contributed by atoms with Crippen LogP contribution in [0.4, 0.5) is 5.69 Å². The van der Waals surface area contributed by atoms with Crippen molar-refractivity contribution in [1.82, 2.24) is 9.55 Å². The third kappa shape index (κ3) is 3.08. The van der Waals surface area contributed by atoms with Crippen LogP contribution in [-0.4, -0.2) is 26.3 Å². The fraction of sp³-hybridized carbons (Fsp3) is 0.200. The highest BCUT2D eigenvalue weighted by atomic mass is 16.4. The molecule has 2 N–H and O–H groups in total. The zero-order valence-electron chi connectivity index (χ0n) is 14.7. The van der Waals surface area contributed by atoms with E-state index in [1.807, 2.05) is 49.4 Å². The molecular formula is C20H18N4O3. The Hall–Kier alpha value is -3.48. The predicted molar refractivity (Wildman–Crippen MR) is 104 cm³/mol.